The maximum atomic E-state index is 5.85. The van der Waals surface area contributed by atoms with Crippen molar-refractivity contribution in [1.82, 2.24) is 4.98 Å². The summed E-state index contributed by atoms with van der Waals surface area (Å²) in [6.45, 7) is 5.34. The van der Waals surface area contributed by atoms with E-state index in [1.165, 1.54) is 61.8 Å². The first kappa shape index (κ1) is 18.9. The van der Waals surface area contributed by atoms with Crippen LogP contribution in [0.5, 0.6) is 5.75 Å². The molecule has 0 spiro atoms. The Morgan fingerprint density at radius 1 is 0.962 bits per heavy atom. The quantitative estimate of drug-likeness (QED) is 0.474. The van der Waals surface area contributed by atoms with E-state index in [1.807, 2.05) is 0 Å². The number of hydrogen-bond donors (Lipinski definition) is 0. The topological polar surface area (TPSA) is 22.1 Å². The molecule has 2 heteroatoms. The van der Waals surface area contributed by atoms with Crippen molar-refractivity contribution in [2.45, 2.75) is 71.6 Å². The molecule has 1 heterocycles. The van der Waals surface area contributed by atoms with E-state index < -0.39 is 0 Å². The van der Waals surface area contributed by atoms with Gasteiger partial charge in [0.05, 0.1) is 12.3 Å². The van der Waals surface area contributed by atoms with Crippen LogP contribution in [0.2, 0.25) is 0 Å². The first-order valence-electron chi connectivity index (χ1n) is 10.5. The minimum Gasteiger partial charge on any atom is -0.494 e. The van der Waals surface area contributed by atoms with Crippen LogP contribution >= 0.6 is 0 Å². The predicted molar refractivity (Wildman–Crippen MR) is 110 cm³/mol. The van der Waals surface area contributed by atoms with Crippen molar-refractivity contribution < 1.29 is 4.74 Å². The molecule has 0 aliphatic heterocycles. The molecule has 0 saturated carbocycles. The Morgan fingerprint density at radius 2 is 1.81 bits per heavy atom. The number of hydrogen-bond acceptors (Lipinski definition) is 2. The summed E-state index contributed by atoms with van der Waals surface area (Å²) >= 11 is 0. The van der Waals surface area contributed by atoms with Crippen LogP contribution < -0.4 is 4.74 Å². The van der Waals surface area contributed by atoms with Gasteiger partial charge in [-0.1, -0.05) is 52.0 Å². The van der Waals surface area contributed by atoms with Gasteiger partial charge in [0.1, 0.15) is 5.75 Å². The van der Waals surface area contributed by atoms with E-state index in [1.54, 1.807) is 0 Å². The van der Waals surface area contributed by atoms with Crippen molar-refractivity contribution in [2.24, 2.45) is 5.92 Å². The van der Waals surface area contributed by atoms with Crippen molar-refractivity contribution in [3.8, 4) is 17.0 Å². The van der Waals surface area contributed by atoms with Crippen LogP contribution in [-0.4, -0.2) is 11.6 Å². The number of rotatable bonds is 9. The second kappa shape index (κ2) is 9.75. The Morgan fingerprint density at radius 3 is 2.58 bits per heavy atom. The molecule has 0 saturated heterocycles. The average Bonchev–Trinajstić information content (AvgIpc) is 2.68. The summed E-state index contributed by atoms with van der Waals surface area (Å²) in [6.07, 6.45) is 11.2. The zero-order valence-corrected chi connectivity index (χ0v) is 16.5. The minimum atomic E-state index is 0.815. The number of nitrogens with zero attached hydrogens (tertiary/aromatic N) is 1. The zero-order chi connectivity index (χ0) is 18.2. The summed E-state index contributed by atoms with van der Waals surface area (Å²) in [5.74, 6) is 1.82. The third-order valence-corrected chi connectivity index (χ3v) is 5.48. The minimum absolute atomic E-state index is 0.815. The van der Waals surface area contributed by atoms with E-state index in [4.69, 9.17) is 9.72 Å². The molecule has 1 aliphatic carbocycles. The Balaban J connectivity index is 1.59. The molecule has 1 aliphatic rings. The Kier molecular flexibility index (Phi) is 7.11. The van der Waals surface area contributed by atoms with E-state index in [9.17, 15) is 0 Å². The first-order chi connectivity index (χ1) is 12.8. The normalized spacial score (nSPS) is 16.3. The van der Waals surface area contributed by atoms with Gasteiger partial charge in [-0.3, -0.25) is 4.98 Å². The van der Waals surface area contributed by atoms with Crippen molar-refractivity contribution in [3.63, 3.8) is 0 Å². The number of pyridine rings is 1. The van der Waals surface area contributed by atoms with Gasteiger partial charge in [-0.15, -0.1) is 0 Å². The smallest absolute Gasteiger partial charge is 0.119 e. The lowest BCUT2D eigenvalue weighted by atomic mass is 9.84. The standard InChI is InChI=1S/C24H33NO/c1-3-5-6-7-17-26-22-13-10-20(11-14-22)23-16-12-21-18-19(8-4-2)9-15-24(21)25-23/h10-14,16,19H,3-9,15,17-18H2,1-2H3. The third kappa shape index (κ3) is 5.09. The SMILES string of the molecule is CCCCCCOc1ccc(-c2ccc3c(n2)CCC(CCC)C3)cc1. The van der Waals surface area contributed by atoms with E-state index in [2.05, 4.69) is 50.2 Å². The fourth-order valence-electron chi connectivity index (χ4n) is 3.94. The van der Waals surface area contributed by atoms with Gasteiger partial charge in [-0.25, -0.2) is 0 Å². The number of unbranched alkanes of at least 4 members (excludes halogenated alkanes) is 3. The largest absolute Gasteiger partial charge is 0.494 e. The summed E-state index contributed by atoms with van der Waals surface area (Å²) in [7, 11) is 0. The van der Waals surface area contributed by atoms with Crippen molar-refractivity contribution in [2.75, 3.05) is 6.61 Å². The third-order valence-electron chi connectivity index (χ3n) is 5.48. The van der Waals surface area contributed by atoms with Gasteiger partial charge >= 0.3 is 0 Å². The maximum absolute atomic E-state index is 5.85. The van der Waals surface area contributed by atoms with Crippen molar-refractivity contribution >= 4 is 0 Å². The fraction of sp³-hybridized carbons (Fsp3) is 0.542. The van der Waals surface area contributed by atoms with Gasteiger partial charge in [0, 0.05) is 11.3 Å². The fourth-order valence-corrected chi connectivity index (χ4v) is 3.94. The number of fused-ring (bicyclic) bond motifs is 1. The molecule has 26 heavy (non-hydrogen) atoms. The molecule has 1 unspecified atom stereocenters. The van der Waals surface area contributed by atoms with Gasteiger partial charge in [0.15, 0.2) is 0 Å². The Hall–Kier alpha value is -1.83. The maximum Gasteiger partial charge on any atom is 0.119 e. The van der Waals surface area contributed by atoms with E-state index in [0.29, 0.717) is 0 Å². The van der Waals surface area contributed by atoms with E-state index >= 15 is 0 Å². The Labute approximate surface area is 159 Å². The molecule has 0 bridgehead atoms. The van der Waals surface area contributed by atoms with Gasteiger partial charge in [-0.05, 0) is 67.5 Å². The molecule has 2 aromatic rings. The molecule has 0 fully saturated rings. The molecule has 3 rings (SSSR count). The Bertz CT molecular complexity index is 677. The summed E-state index contributed by atoms with van der Waals surface area (Å²) in [4.78, 5) is 4.96. The molecule has 1 atom stereocenters. The average molecular weight is 352 g/mol. The summed E-state index contributed by atoms with van der Waals surface area (Å²) in [6, 6.07) is 12.9. The van der Waals surface area contributed by atoms with Crippen LogP contribution in [0.3, 0.4) is 0 Å². The second-order valence-corrected chi connectivity index (χ2v) is 7.63. The number of ether oxygens (including phenoxy) is 1. The molecule has 0 N–H and O–H groups in total. The highest BCUT2D eigenvalue weighted by atomic mass is 16.5. The van der Waals surface area contributed by atoms with Gasteiger partial charge in [-0.2, -0.15) is 0 Å². The van der Waals surface area contributed by atoms with E-state index in [0.717, 1.165) is 36.8 Å². The first-order valence-corrected chi connectivity index (χ1v) is 10.5. The number of benzene rings is 1. The highest BCUT2D eigenvalue weighted by Crippen LogP contribution is 2.30. The molecular formula is C24H33NO. The van der Waals surface area contributed by atoms with Crippen LogP contribution in [0, 0.1) is 5.92 Å². The lowest BCUT2D eigenvalue weighted by molar-refractivity contribution is 0.305. The van der Waals surface area contributed by atoms with Crippen LogP contribution in [0.4, 0.5) is 0 Å². The number of aromatic nitrogens is 1. The molecule has 0 radical (unpaired) electrons. The molecule has 1 aromatic heterocycles. The predicted octanol–water partition coefficient (Wildman–Crippen LogP) is 6.61. The van der Waals surface area contributed by atoms with Crippen molar-refractivity contribution in [3.05, 3.63) is 47.7 Å². The molecule has 0 amide bonds. The highest BCUT2D eigenvalue weighted by molar-refractivity contribution is 5.60. The molecule has 1 aromatic carbocycles. The van der Waals surface area contributed by atoms with Crippen LogP contribution in [-0.2, 0) is 12.8 Å². The van der Waals surface area contributed by atoms with Gasteiger partial charge < -0.3 is 4.74 Å². The van der Waals surface area contributed by atoms with Gasteiger partial charge in [0.25, 0.3) is 0 Å². The lowest BCUT2D eigenvalue weighted by Crippen LogP contribution is -2.15. The van der Waals surface area contributed by atoms with Crippen LogP contribution in [0.25, 0.3) is 11.3 Å². The summed E-state index contributed by atoms with van der Waals surface area (Å²) < 4.78 is 5.85. The summed E-state index contributed by atoms with van der Waals surface area (Å²) in [5.41, 5.74) is 5.05. The number of aryl methyl sites for hydroxylation is 1. The lowest BCUT2D eigenvalue weighted by Gasteiger charge is -2.24. The zero-order valence-electron chi connectivity index (χ0n) is 16.5. The monoisotopic (exact) mass is 351 g/mol. The molecule has 140 valence electrons. The highest BCUT2D eigenvalue weighted by Gasteiger charge is 2.19. The van der Waals surface area contributed by atoms with Crippen molar-refractivity contribution in [1.29, 1.82) is 0 Å². The summed E-state index contributed by atoms with van der Waals surface area (Å²) in [5, 5.41) is 0. The molecule has 2 nitrogen and oxygen atoms in total. The van der Waals surface area contributed by atoms with E-state index in [-0.39, 0.29) is 0 Å². The van der Waals surface area contributed by atoms with Crippen LogP contribution in [0.15, 0.2) is 36.4 Å². The van der Waals surface area contributed by atoms with Gasteiger partial charge in [0.2, 0.25) is 0 Å². The molecular weight excluding hydrogens is 318 g/mol. The second-order valence-electron chi connectivity index (χ2n) is 7.63. The van der Waals surface area contributed by atoms with Crippen LogP contribution in [0.1, 0.15) is 70.1 Å².